The van der Waals surface area contributed by atoms with Crippen LogP contribution in [0, 0.1) is 6.92 Å². The number of fused-ring (bicyclic) bond motifs is 1. The van der Waals surface area contributed by atoms with Crippen LogP contribution < -0.4 is 10.1 Å². The van der Waals surface area contributed by atoms with Crippen LogP contribution >= 0.6 is 0 Å². The number of aromatic nitrogens is 3. The van der Waals surface area contributed by atoms with Gasteiger partial charge in [0.2, 0.25) is 0 Å². The Bertz CT molecular complexity index is 618. The van der Waals surface area contributed by atoms with Crippen molar-refractivity contribution < 1.29 is 4.74 Å². The molecule has 5 heteroatoms. The highest BCUT2D eigenvalue weighted by atomic mass is 16.5. The fraction of sp³-hybridized carbons (Fsp3) is 0.429. The van der Waals surface area contributed by atoms with Crippen LogP contribution in [0.25, 0.3) is 0 Å². The molecule has 19 heavy (non-hydrogen) atoms. The molecule has 2 aromatic rings. The molecule has 1 fully saturated rings. The lowest BCUT2D eigenvalue weighted by atomic mass is 10.2. The lowest BCUT2D eigenvalue weighted by Crippen LogP contribution is -2.26. The minimum absolute atomic E-state index is 0.0586. The first-order valence-corrected chi connectivity index (χ1v) is 6.74. The third kappa shape index (κ3) is 1.77. The monoisotopic (exact) mass is 256 g/mol. The van der Waals surface area contributed by atoms with E-state index in [1.54, 1.807) is 0 Å². The van der Waals surface area contributed by atoms with E-state index in [0.717, 1.165) is 29.6 Å². The molecule has 1 aliphatic carbocycles. The Labute approximate surface area is 111 Å². The van der Waals surface area contributed by atoms with Gasteiger partial charge in [0.15, 0.2) is 11.9 Å². The van der Waals surface area contributed by atoms with Crippen molar-refractivity contribution in [3.8, 4) is 5.75 Å². The van der Waals surface area contributed by atoms with Crippen molar-refractivity contribution in [2.75, 3.05) is 11.9 Å². The number of ether oxygens (including phenoxy) is 1. The molecular weight excluding hydrogens is 240 g/mol. The Kier molecular flexibility index (Phi) is 2.27. The van der Waals surface area contributed by atoms with Crippen molar-refractivity contribution >= 4 is 5.69 Å². The molecule has 98 valence electrons. The summed E-state index contributed by atoms with van der Waals surface area (Å²) in [4.78, 5) is 0. The molecule has 0 bridgehead atoms. The van der Waals surface area contributed by atoms with E-state index in [9.17, 15) is 0 Å². The number of anilines is 1. The maximum atomic E-state index is 6.06. The van der Waals surface area contributed by atoms with E-state index in [1.807, 2.05) is 31.2 Å². The standard InChI is InChI=1S/C14H16N4O/c1-9-16-17-14(18(9)10-6-7-10)13-8-15-11-4-2-3-5-12(11)19-13/h2-5,10,13,15H,6-8H2,1H3. The average Bonchev–Trinajstić information content (AvgIpc) is 3.21. The number of para-hydroxylation sites is 2. The highest BCUT2D eigenvalue weighted by Crippen LogP contribution is 2.39. The lowest BCUT2D eigenvalue weighted by Gasteiger charge is -2.27. The summed E-state index contributed by atoms with van der Waals surface area (Å²) < 4.78 is 8.30. The van der Waals surface area contributed by atoms with Crippen LogP contribution in [0.2, 0.25) is 0 Å². The van der Waals surface area contributed by atoms with E-state index in [2.05, 4.69) is 20.1 Å². The van der Waals surface area contributed by atoms with Gasteiger partial charge in [0, 0.05) is 6.04 Å². The molecular formula is C14H16N4O. The van der Waals surface area contributed by atoms with Crippen LogP contribution in [0.15, 0.2) is 24.3 Å². The van der Waals surface area contributed by atoms with Crippen molar-refractivity contribution in [2.45, 2.75) is 31.9 Å². The average molecular weight is 256 g/mol. The minimum atomic E-state index is -0.0586. The van der Waals surface area contributed by atoms with Crippen molar-refractivity contribution in [2.24, 2.45) is 0 Å². The number of hydrogen-bond donors (Lipinski definition) is 1. The Morgan fingerprint density at radius 2 is 2.11 bits per heavy atom. The second-order valence-corrected chi connectivity index (χ2v) is 5.19. The van der Waals surface area contributed by atoms with Gasteiger partial charge >= 0.3 is 0 Å². The smallest absolute Gasteiger partial charge is 0.176 e. The summed E-state index contributed by atoms with van der Waals surface area (Å²) >= 11 is 0. The molecule has 1 aromatic heterocycles. The quantitative estimate of drug-likeness (QED) is 0.896. The van der Waals surface area contributed by atoms with E-state index < -0.39 is 0 Å². The Morgan fingerprint density at radius 3 is 2.95 bits per heavy atom. The maximum Gasteiger partial charge on any atom is 0.176 e. The molecule has 2 heterocycles. The van der Waals surface area contributed by atoms with Gasteiger partial charge in [-0.1, -0.05) is 12.1 Å². The number of rotatable bonds is 2. The summed E-state index contributed by atoms with van der Waals surface area (Å²) in [5, 5.41) is 11.9. The SMILES string of the molecule is Cc1nnc(C2CNc3ccccc3O2)n1C1CC1. The van der Waals surface area contributed by atoms with Gasteiger partial charge in [-0.15, -0.1) is 10.2 Å². The topological polar surface area (TPSA) is 52.0 Å². The summed E-state index contributed by atoms with van der Waals surface area (Å²) in [5.74, 6) is 2.82. The van der Waals surface area contributed by atoms with Gasteiger partial charge < -0.3 is 14.6 Å². The number of benzene rings is 1. The van der Waals surface area contributed by atoms with Gasteiger partial charge in [0.25, 0.3) is 0 Å². The first-order chi connectivity index (χ1) is 9.33. The lowest BCUT2D eigenvalue weighted by molar-refractivity contribution is 0.194. The highest BCUT2D eigenvalue weighted by Gasteiger charge is 2.33. The van der Waals surface area contributed by atoms with Crippen molar-refractivity contribution in [3.05, 3.63) is 35.9 Å². The molecule has 0 spiro atoms. The number of nitrogens with one attached hydrogen (secondary N) is 1. The second kappa shape index (κ2) is 3.98. The first kappa shape index (κ1) is 10.8. The van der Waals surface area contributed by atoms with Crippen LogP contribution in [0.1, 0.15) is 36.6 Å². The molecule has 1 atom stereocenters. The van der Waals surface area contributed by atoms with E-state index >= 15 is 0 Å². The second-order valence-electron chi connectivity index (χ2n) is 5.19. The van der Waals surface area contributed by atoms with Crippen molar-refractivity contribution in [1.29, 1.82) is 0 Å². The zero-order valence-electron chi connectivity index (χ0n) is 10.8. The van der Waals surface area contributed by atoms with E-state index in [1.165, 1.54) is 12.8 Å². The van der Waals surface area contributed by atoms with E-state index in [0.29, 0.717) is 6.04 Å². The van der Waals surface area contributed by atoms with Gasteiger partial charge in [0.1, 0.15) is 11.6 Å². The van der Waals surface area contributed by atoms with E-state index in [-0.39, 0.29) is 6.10 Å². The molecule has 1 N–H and O–H groups in total. The van der Waals surface area contributed by atoms with Gasteiger partial charge in [-0.25, -0.2) is 0 Å². The summed E-state index contributed by atoms with van der Waals surface area (Å²) in [6, 6.07) is 8.58. The molecule has 5 nitrogen and oxygen atoms in total. The predicted molar refractivity (Wildman–Crippen MR) is 71.3 cm³/mol. The number of aryl methyl sites for hydroxylation is 1. The summed E-state index contributed by atoms with van der Waals surface area (Å²) in [5.41, 5.74) is 1.05. The summed E-state index contributed by atoms with van der Waals surface area (Å²) in [6.45, 7) is 2.75. The van der Waals surface area contributed by atoms with Gasteiger partial charge in [-0.2, -0.15) is 0 Å². The minimum Gasteiger partial charge on any atom is -0.478 e. The molecule has 0 saturated heterocycles. The van der Waals surface area contributed by atoms with Crippen molar-refractivity contribution in [1.82, 2.24) is 14.8 Å². The Balaban J connectivity index is 1.68. The van der Waals surface area contributed by atoms with E-state index in [4.69, 9.17) is 4.74 Å². The highest BCUT2D eigenvalue weighted by molar-refractivity contribution is 5.57. The predicted octanol–water partition coefficient (Wildman–Crippen LogP) is 2.47. The fourth-order valence-electron chi connectivity index (χ4n) is 2.65. The van der Waals surface area contributed by atoms with Gasteiger partial charge in [-0.3, -0.25) is 0 Å². The molecule has 0 radical (unpaired) electrons. The zero-order chi connectivity index (χ0) is 12.8. The van der Waals surface area contributed by atoms with Gasteiger partial charge in [0.05, 0.1) is 12.2 Å². The normalized spacial score (nSPS) is 21.4. The number of nitrogens with zero attached hydrogens (tertiary/aromatic N) is 3. The van der Waals surface area contributed by atoms with Crippen LogP contribution in [0.5, 0.6) is 5.75 Å². The third-order valence-corrected chi connectivity index (χ3v) is 3.73. The zero-order valence-corrected chi connectivity index (χ0v) is 10.8. The first-order valence-electron chi connectivity index (χ1n) is 6.74. The Morgan fingerprint density at radius 1 is 1.26 bits per heavy atom. The molecule has 1 unspecified atom stereocenters. The summed E-state index contributed by atoms with van der Waals surface area (Å²) in [6.07, 6.45) is 2.39. The van der Waals surface area contributed by atoms with Crippen LogP contribution in [-0.2, 0) is 0 Å². The molecule has 4 rings (SSSR count). The number of hydrogen-bond acceptors (Lipinski definition) is 4. The van der Waals surface area contributed by atoms with Crippen molar-refractivity contribution in [3.63, 3.8) is 0 Å². The van der Waals surface area contributed by atoms with Crippen LogP contribution in [-0.4, -0.2) is 21.3 Å². The molecule has 0 amide bonds. The van der Waals surface area contributed by atoms with Gasteiger partial charge in [-0.05, 0) is 31.9 Å². The van der Waals surface area contributed by atoms with Crippen LogP contribution in [0.3, 0.4) is 0 Å². The fourth-order valence-corrected chi connectivity index (χ4v) is 2.65. The third-order valence-electron chi connectivity index (χ3n) is 3.73. The Hall–Kier alpha value is -2.04. The van der Waals surface area contributed by atoms with Crippen LogP contribution in [0.4, 0.5) is 5.69 Å². The largest absolute Gasteiger partial charge is 0.478 e. The summed E-state index contributed by atoms with van der Waals surface area (Å²) in [7, 11) is 0. The molecule has 1 aromatic carbocycles. The molecule has 1 aliphatic heterocycles. The molecule has 2 aliphatic rings. The maximum absolute atomic E-state index is 6.06. The molecule has 1 saturated carbocycles.